The molecule has 3 rings (SSSR count). The first-order chi connectivity index (χ1) is 11.0. The summed E-state index contributed by atoms with van der Waals surface area (Å²) in [6, 6.07) is 19.1. The van der Waals surface area contributed by atoms with Gasteiger partial charge in [0.2, 0.25) is 10.0 Å². The molecule has 2 unspecified atom stereocenters. The topological polar surface area (TPSA) is 40.6 Å². The number of hydrogen-bond donors (Lipinski definition) is 0. The van der Waals surface area contributed by atoms with Crippen LogP contribution in [0.25, 0.3) is 0 Å². The quantitative estimate of drug-likeness (QED) is 0.869. The van der Waals surface area contributed by atoms with E-state index < -0.39 is 10.0 Å². The fourth-order valence-electron chi connectivity index (χ4n) is 3.32. The third-order valence-corrected chi connectivity index (χ3v) is 6.17. The van der Waals surface area contributed by atoms with Gasteiger partial charge in [-0.15, -0.1) is 0 Å². The van der Waals surface area contributed by atoms with Crippen LogP contribution in [0.2, 0.25) is 0 Å². The van der Waals surface area contributed by atoms with Gasteiger partial charge in [0.1, 0.15) is 0 Å². The van der Waals surface area contributed by atoms with Gasteiger partial charge in [0.25, 0.3) is 0 Å². The van der Waals surface area contributed by atoms with E-state index in [2.05, 4.69) is 30.9 Å². The van der Waals surface area contributed by atoms with Crippen molar-refractivity contribution < 1.29 is 8.42 Å². The van der Waals surface area contributed by atoms with E-state index in [0.717, 1.165) is 5.69 Å². The van der Waals surface area contributed by atoms with E-state index in [1.54, 1.807) is 28.6 Å². The molecule has 0 aromatic heterocycles. The van der Waals surface area contributed by atoms with E-state index in [1.165, 1.54) is 0 Å². The molecule has 0 radical (unpaired) electrons. The molecule has 2 aromatic carbocycles. The largest absolute Gasteiger partial charge is 0.363 e. The summed E-state index contributed by atoms with van der Waals surface area (Å²) in [5, 5.41) is 0. The Labute approximate surface area is 138 Å². The summed E-state index contributed by atoms with van der Waals surface area (Å²) in [6.45, 7) is 5.15. The molecule has 2 aromatic rings. The summed E-state index contributed by atoms with van der Waals surface area (Å²) >= 11 is 0. The first-order valence-electron chi connectivity index (χ1n) is 7.89. The summed E-state index contributed by atoms with van der Waals surface area (Å²) in [5.41, 5.74) is 1.14. The molecule has 4 nitrogen and oxygen atoms in total. The second-order valence-electron chi connectivity index (χ2n) is 6.08. The van der Waals surface area contributed by atoms with Gasteiger partial charge in [-0.1, -0.05) is 36.4 Å². The fraction of sp³-hybridized carbons (Fsp3) is 0.333. The van der Waals surface area contributed by atoms with Crippen molar-refractivity contribution in [3.8, 4) is 0 Å². The van der Waals surface area contributed by atoms with Crippen LogP contribution >= 0.6 is 0 Å². The molecule has 1 fully saturated rings. The van der Waals surface area contributed by atoms with E-state index in [4.69, 9.17) is 0 Å². The Hall–Kier alpha value is -1.85. The number of piperazine rings is 1. The molecule has 1 aliphatic heterocycles. The molecule has 1 heterocycles. The third-order valence-electron chi connectivity index (χ3n) is 4.32. The number of anilines is 1. The summed E-state index contributed by atoms with van der Waals surface area (Å²) in [6.07, 6.45) is 0. The normalized spacial score (nSPS) is 23.0. The average Bonchev–Trinajstić information content (AvgIpc) is 2.56. The summed E-state index contributed by atoms with van der Waals surface area (Å²) in [5.74, 6) is 0. The van der Waals surface area contributed by atoms with Crippen LogP contribution in [0.15, 0.2) is 65.6 Å². The number of hydrogen-bond acceptors (Lipinski definition) is 3. The zero-order valence-corrected chi connectivity index (χ0v) is 14.3. The lowest BCUT2D eigenvalue weighted by molar-refractivity contribution is 0.301. The van der Waals surface area contributed by atoms with Crippen LogP contribution in [0.4, 0.5) is 5.69 Å². The van der Waals surface area contributed by atoms with Crippen molar-refractivity contribution in [2.45, 2.75) is 30.8 Å². The average molecular weight is 330 g/mol. The van der Waals surface area contributed by atoms with Crippen LogP contribution < -0.4 is 4.90 Å². The van der Waals surface area contributed by atoms with E-state index in [1.807, 2.05) is 24.3 Å². The SMILES string of the molecule is CC1CN(S(=O)(=O)c2ccccc2)CC(C)N1c1ccccc1. The fourth-order valence-corrected chi connectivity index (χ4v) is 4.94. The van der Waals surface area contributed by atoms with E-state index in [-0.39, 0.29) is 12.1 Å². The Morgan fingerprint density at radius 3 is 1.83 bits per heavy atom. The van der Waals surface area contributed by atoms with Gasteiger partial charge in [-0.2, -0.15) is 4.31 Å². The van der Waals surface area contributed by atoms with E-state index >= 15 is 0 Å². The molecule has 1 saturated heterocycles. The van der Waals surface area contributed by atoms with Crippen molar-refractivity contribution in [3.05, 3.63) is 60.7 Å². The molecule has 0 aliphatic carbocycles. The first-order valence-corrected chi connectivity index (χ1v) is 9.33. The lowest BCUT2D eigenvalue weighted by atomic mass is 10.1. The van der Waals surface area contributed by atoms with Crippen LogP contribution in [0.3, 0.4) is 0 Å². The van der Waals surface area contributed by atoms with Crippen molar-refractivity contribution >= 4 is 15.7 Å². The van der Waals surface area contributed by atoms with Gasteiger partial charge in [-0.25, -0.2) is 8.42 Å². The van der Waals surface area contributed by atoms with Crippen LogP contribution in [0.1, 0.15) is 13.8 Å². The highest BCUT2D eigenvalue weighted by Crippen LogP contribution is 2.27. The minimum absolute atomic E-state index is 0.125. The molecular weight excluding hydrogens is 308 g/mol. The van der Waals surface area contributed by atoms with Gasteiger partial charge >= 0.3 is 0 Å². The number of para-hydroxylation sites is 1. The minimum atomic E-state index is -3.43. The smallest absolute Gasteiger partial charge is 0.243 e. The third kappa shape index (κ3) is 3.12. The van der Waals surface area contributed by atoms with Gasteiger partial charge in [0.05, 0.1) is 4.90 Å². The standard InChI is InChI=1S/C18H22N2O2S/c1-15-13-19(23(21,22)18-11-7-4-8-12-18)14-16(2)20(15)17-9-5-3-6-10-17/h3-12,15-16H,13-14H2,1-2H3. The zero-order valence-electron chi connectivity index (χ0n) is 13.5. The number of benzene rings is 2. The maximum absolute atomic E-state index is 12.8. The number of sulfonamides is 1. The van der Waals surface area contributed by atoms with Crippen LogP contribution in [-0.4, -0.2) is 37.9 Å². The zero-order chi connectivity index (χ0) is 16.4. The molecule has 5 heteroatoms. The van der Waals surface area contributed by atoms with Gasteiger partial charge in [0, 0.05) is 30.9 Å². The van der Waals surface area contributed by atoms with Gasteiger partial charge in [-0.3, -0.25) is 0 Å². The molecule has 1 aliphatic rings. The van der Waals surface area contributed by atoms with Crippen molar-refractivity contribution in [2.75, 3.05) is 18.0 Å². The molecule has 2 atom stereocenters. The maximum Gasteiger partial charge on any atom is 0.243 e. The van der Waals surface area contributed by atoms with E-state index in [0.29, 0.717) is 18.0 Å². The lowest BCUT2D eigenvalue weighted by Crippen LogP contribution is -2.58. The summed E-state index contributed by atoms with van der Waals surface area (Å²) < 4.78 is 27.3. The maximum atomic E-state index is 12.8. The second kappa shape index (κ2) is 6.34. The second-order valence-corrected chi connectivity index (χ2v) is 8.01. The Morgan fingerprint density at radius 2 is 1.30 bits per heavy atom. The molecule has 0 spiro atoms. The molecule has 0 saturated carbocycles. The summed E-state index contributed by atoms with van der Waals surface area (Å²) in [4.78, 5) is 2.67. The Bertz CT molecular complexity index is 735. The lowest BCUT2D eigenvalue weighted by Gasteiger charge is -2.45. The molecule has 0 amide bonds. The van der Waals surface area contributed by atoms with E-state index in [9.17, 15) is 8.42 Å². The van der Waals surface area contributed by atoms with Crippen LogP contribution in [0, 0.1) is 0 Å². The number of nitrogens with zero attached hydrogens (tertiary/aromatic N) is 2. The predicted molar refractivity (Wildman–Crippen MR) is 93.0 cm³/mol. The highest BCUT2D eigenvalue weighted by atomic mass is 32.2. The van der Waals surface area contributed by atoms with Gasteiger partial charge in [-0.05, 0) is 38.1 Å². The molecule has 23 heavy (non-hydrogen) atoms. The van der Waals surface area contributed by atoms with Crippen LogP contribution in [-0.2, 0) is 10.0 Å². The Balaban J connectivity index is 1.85. The summed E-state index contributed by atoms with van der Waals surface area (Å²) in [7, 11) is -3.43. The highest BCUT2D eigenvalue weighted by molar-refractivity contribution is 7.89. The van der Waals surface area contributed by atoms with Crippen molar-refractivity contribution in [1.82, 2.24) is 4.31 Å². The van der Waals surface area contributed by atoms with Crippen LogP contribution in [0.5, 0.6) is 0 Å². The number of rotatable bonds is 3. The highest BCUT2D eigenvalue weighted by Gasteiger charge is 2.36. The minimum Gasteiger partial charge on any atom is -0.363 e. The first kappa shape index (κ1) is 16.0. The van der Waals surface area contributed by atoms with Crippen molar-refractivity contribution in [3.63, 3.8) is 0 Å². The molecular formula is C18H22N2O2S. The molecule has 0 bridgehead atoms. The molecule has 122 valence electrons. The molecule has 0 N–H and O–H groups in total. The van der Waals surface area contributed by atoms with Gasteiger partial charge in [0.15, 0.2) is 0 Å². The predicted octanol–water partition coefficient (Wildman–Crippen LogP) is 2.97. The monoisotopic (exact) mass is 330 g/mol. The Morgan fingerprint density at radius 1 is 0.826 bits per heavy atom. The Kier molecular flexibility index (Phi) is 4.41. The van der Waals surface area contributed by atoms with Crippen molar-refractivity contribution in [1.29, 1.82) is 0 Å². The van der Waals surface area contributed by atoms with Crippen molar-refractivity contribution in [2.24, 2.45) is 0 Å². The van der Waals surface area contributed by atoms with Gasteiger partial charge < -0.3 is 4.90 Å².